The molecule has 0 aliphatic carbocycles. The van der Waals surface area contributed by atoms with E-state index < -0.39 is 0 Å². The number of hydrogen-bond acceptors (Lipinski definition) is 3. The van der Waals surface area contributed by atoms with Crippen LogP contribution in [0, 0.1) is 13.8 Å². The Morgan fingerprint density at radius 2 is 2.22 bits per heavy atom. The summed E-state index contributed by atoms with van der Waals surface area (Å²) in [6.07, 6.45) is 3.00. The van der Waals surface area contributed by atoms with Crippen molar-refractivity contribution in [3.8, 4) is 0 Å². The van der Waals surface area contributed by atoms with Crippen molar-refractivity contribution in [3.05, 3.63) is 39.3 Å². The van der Waals surface area contributed by atoms with E-state index >= 15 is 0 Å². The Morgan fingerprint density at radius 3 is 2.78 bits per heavy atom. The van der Waals surface area contributed by atoms with Crippen LogP contribution in [0.25, 0.3) is 0 Å². The molecule has 2 aromatic heterocycles. The number of aryl methyl sites for hydroxylation is 3. The summed E-state index contributed by atoms with van der Waals surface area (Å²) in [6.45, 7) is 7.51. The molecule has 0 aliphatic rings. The zero-order valence-corrected chi connectivity index (χ0v) is 12.3. The molecule has 18 heavy (non-hydrogen) atoms. The molecule has 0 fully saturated rings. The number of rotatable bonds is 5. The van der Waals surface area contributed by atoms with Crippen LogP contribution in [0.3, 0.4) is 0 Å². The van der Waals surface area contributed by atoms with Crippen LogP contribution in [0.5, 0.6) is 0 Å². The molecule has 0 aliphatic heterocycles. The van der Waals surface area contributed by atoms with Gasteiger partial charge in [-0.05, 0) is 45.0 Å². The second-order valence-corrected chi connectivity index (χ2v) is 5.88. The molecule has 2 aromatic rings. The van der Waals surface area contributed by atoms with Gasteiger partial charge in [-0.1, -0.05) is 6.92 Å². The maximum absolute atomic E-state index is 4.41. The van der Waals surface area contributed by atoms with Crippen LogP contribution in [-0.2, 0) is 6.54 Å². The lowest BCUT2D eigenvalue weighted by atomic mass is 10.1. The number of nitrogens with zero attached hydrogens (tertiary/aromatic N) is 2. The van der Waals surface area contributed by atoms with Gasteiger partial charge in [0.1, 0.15) is 0 Å². The van der Waals surface area contributed by atoms with E-state index in [4.69, 9.17) is 0 Å². The molecule has 1 unspecified atom stereocenters. The van der Waals surface area contributed by atoms with Gasteiger partial charge >= 0.3 is 0 Å². The third kappa shape index (κ3) is 2.49. The lowest BCUT2D eigenvalue weighted by Gasteiger charge is -2.16. The van der Waals surface area contributed by atoms with E-state index in [1.165, 1.54) is 21.0 Å². The molecule has 98 valence electrons. The number of hydrogen-bond donors (Lipinski definition) is 1. The summed E-state index contributed by atoms with van der Waals surface area (Å²) in [6, 6.07) is 4.64. The summed E-state index contributed by atoms with van der Waals surface area (Å²) in [5, 5.41) is 7.82. The lowest BCUT2D eigenvalue weighted by molar-refractivity contribution is 0.537. The van der Waals surface area contributed by atoms with Gasteiger partial charge < -0.3 is 5.32 Å². The first-order valence-electron chi connectivity index (χ1n) is 6.43. The maximum atomic E-state index is 4.41. The van der Waals surface area contributed by atoms with Gasteiger partial charge in [0.25, 0.3) is 0 Å². The average Bonchev–Trinajstić information content (AvgIpc) is 2.90. The van der Waals surface area contributed by atoms with Crippen molar-refractivity contribution in [2.75, 3.05) is 7.05 Å². The highest BCUT2D eigenvalue weighted by atomic mass is 32.1. The molecule has 0 radical (unpaired) electrons. The van der Waals surface area contributed by atoms with E-state index in [1.807, 2.05) is 24.6 Å². The molecule has 0 aromatic carbocycles. The minimum Gasteiger partial charge on any atom is -0.307 e. The molecule has 2 rings (SSSR count). The molecule has 3 nitrogen and oxygen atoms in total. The van der Waals surface area contributed by atoms with Crippen LogP contribution in [0.15, 0.2) is 18.3 Å². The highest BCUT2D eigenvalue weighted by molar-refractivity contribution is 7.12. The molecule has 4 heteroatoms. The van der Waals surface area contributed by atoms with Gasteiger partial charge in [-0.2, -0.15) is 5.10 Å². The topological polar surface area (TPSA) is 29.9 Å². The summed E-state index contributed by atoms with van der Waals surface area (Å²) in [7, 11) is 2.01. The minimum atomic E-state index is 0.247. The van der Waals surface area contributed by atoms with Gasteiger partial charge in [0, 0.05) is 22.5 Å². The molecule has 2 heterocycles. The van der Waals surface area contributed by atoms with Gasteiger partial charge in [-0.3, -0.25) is 4.68 Å². The predicted molar refractivity (Wildman–Crippen MR) is 77.2 cm³/mol. The third-order valence-electron chi connectivity index (χ3n) is 3.24. The summed E-state index contributed by atoms with van der Waals surface area (Å²) >= 11 is 1.87. The number of thiophene rings is 1. The van der Waals surface area contributed by atoms with Crippen molar-refractivity contribution in [1.82, 2.24) is 15.1 Å². The normalized spacial score (nSPS) is 12.9. The maximum Gasteiger partial charge on any atom is 0.0839 e. The zero-order chi connectivity index (χ0) is 13.1. The molecule has 1 N–H and O–H groups in total. The zero-order valence-electron chi connectivity index (χ0n) is 11.5. The van der Waals surface area contributed by atoms with Crippen molar-refractivity contribution >= 4 is 11.3 Å². The summed E-state index contributed by atoms with van der Waals surface area (Å²) < 4.78 is 2.10. The van der Waals surface area contributed by atoms with E-state index in [1.54, 1.807) is 0 Å². The van der Waals surface area contributed by atoms with Crippen molar-refractivity contribution in [3.63, 3.8) is 0 Å². The van der Waals surface area contributed by atoms with Crippen molar-refractivity contribution in [1.29, 1.82) is 0 Å². The van der Waals surface area contributed by atoms with Crippen molar-refractivity contribution in [2.24, 2.45) is 0 Å². The second-order valence-electron chi connectivity index (χ2n) is 4.59. The number of aromatic nitrogens is 2. The van der Waals surface area contributed by atoms with E-state index in [-0.39, 0.29) is 6.04 Å². The average molecular weight is 263 g/mol. The van der Waals surface area contributed by atoms with Crippen LogP contribution in [0.1, 0.15) is 40.4 Å². The quantitative estimate of drug-likeness (QED) is 0.897. The fourth-order valence-electron chi connectivity index (χ4n) is 2.17. The first kappa shape index (κ1) is 13.3. The molecule has 0 bridgehead atoms. The Morgan fingerprint density at radius 1 is 1.44 bits per heavy atom. The Kier molecular flexibility index (Phi) is 4.19. The van der Waals surface area contributed by atoms with Gasteiger partial charge in [-0.25, -0.2) is 0 Å². The first-order valence-corrected chi connectivity index (χ1v) is 7.25. The van der Waals surface area contributed by atoms with Crippen molar-refractivity contribution < 1.29 is 0 Å². The molecule has 0 saturated heterocycles. The van der Waals surface area contributed by atoms with E-state index in [9.17, 15) is 0 Å². The fourth-order valence-corrected chi connectivity index (χ4v) is 3.33. The smallest absolute Gasteiger partial charge is 0.0839 e. The molecule has 0 spiro atoms. The molecular weight excluding hydrogens is 242 g/mol. The van der Waals surface area contributed by atoms with E-state index in [2.05, 4.69) is 48.0 Å². The van der Waals surface area contributed by atoms with Crippen LogP contribution < -0.4 is 5.32 Å². The summed E-state index contributed by atoms with van der Waals surface area (Å²) in [5.41, 5.74) is 2.62. The van der Waals surface area contributed by atoms with Crippen LogP contribution in [0.4, 0.5) is 0 Å². The Hall–Kier alpha value is -1.13. The fraction of sp³-hybridized carbons (Fsp3) is 0.500. The van der Waals surface area contributed by atoms with Crippen molar-refractivity contribution in [2.45, 2.75) is 39.8 Å². The monoisotopic (exact) mass is 263 g/mol. The van der Waals surface area contributed by atoms with Gasteiger partial charge in [0.2, 0.25) is 0 Å². The molecule has 0 amide bonds. The summed E-state index contributed by atoms with van der Waals surface area (Å²) in [5.74, 6) is 0. The number of nitrogens with one attached hydrogen (secondary N) is 1. The van der Waals surface area contributed by atoms with Crippen LogP contribution in [0.2, 0.25) is 0 Å². The van der Waals surface area contributed by atoms with E-state index in [0.717, 1.165) is 13.0 Å². The predicted octanol–water partition coefficient (Wildman–Crippen LogP) is 3.28. The Balaban J connectivity index is 2.35. The van der Waals surface area contributed by atoms with Crippen LogP contribution >= 0.6 is 11.3 Å². The Labute approximate surface area is 113 Å². The first-order chi connectivity index (χ1) is 8.67. The van der Waals surface area contributed by atoms with Gasteiger partial charge in [0.05, 0.1) is 11.7 Å². The third-order valence-corrected chi connectivity index (χ3v) is 4.46. The minimum absolute atomic E-state index is 0.247. The summed E-state index contributed by atoms with van der Waals surface area (Å²) in [4.78, 5) is 2.76. The molecular formula is C14H21N3S. The molecule has 0 saturated carbocycles. The van der Waals surface area contributed by atoms with Crippen LogP contribution in [-0.4, -0.2) is 16.8 Å². The van der Waals surface area contributed by atoms with E-state index in [0.29, 0.717) is 0 Å². The van der Waals surface area contributed by atoms with Gasteiger partial charge in [0.15, 0.2) is 0 Å². The molecule has 1 atom stereocenters. The lowest BCUT2D eigenvalue weighted by Crippen LogP contribution is -2.20. The largest absolute Gasteiger partial charge is 0.307 e. The SMILES string of the molecule is CCCn1nccc1C(NC)c1cc(C)c(C)s1. The Bertz CT molecular complexity index is 493. The standard InChI is InChI=1S/C14H21N3S/c1-5-8-17-12(6-7-16-17)14(15-4)13-9-10(2)11(3)18-13/h6-7,9,14-15H,5,8H2,1-4H3. The highest BCUT2D eigenvalue weighted by Crippen LogP contribution is 2.30. The second kappa shape index (κ2) is 5.67. The van der Waals surface area contributed by atoms with Gasteiger partial charge in [-0.15, -0.1) is 11.3 Å². The highest BCUT2D eigenvalue weighted by Gasteiger charge is 2.18.